The molecule has 3 rings (SSSR count). The van der Waals surface area contributed by atoms with Gasteiger partial charge in [0.1, 0.15) is 17.3 Å². The van der Waals surface area contributed by atoms with Gasteiger partial charge in [-0.2, -0.15) is 0 Å². The number of hydrogen-bond donors (Lipinski definition) is 2. The minimum absolute atomic E-state index is 0.0959. The Kier molecular flexibility index (Phi) is 7.89. The summed E-state index contributed by atoms with van der Waals surface area (Å²) in [5.74, 6) is 1.99. The largest absolute Gasteiger partial charge is 0.497 e. The minimum atomic E-state index is -0.0959. The van der Waals surface area contributed by atoms with Crippen molar-refractivity contribution in [1.29, 1.82) is 0 Å². The second-order valence-corrected chi connectivity index (χ2v) is 7.25. The van der Waals surface area contributed by atoms with Crippen molar-refractivity contribution in [2.75, 3.05) is 39.9 Å². The van der Waals surface area contributed by atoms with Gasteiger partial charge in [-0.05, 0) is 63.3 Å². The van der Waals surface area contributed by atoms with E-state index in [1.54, 1.807) is 13.2 Å². The molecule has 0 radical (unpaired) electrons. The first kappa shape index (κ1) is 22.6. The Morgan fingerprint density at radius 1 is 1.13 bits per heavy atom. The summed E-state index contributed by atoms with van der Waals surface area (Å²) in [4.78, 5) is 23.0. The van der Waals surface area contributed by atoms with Crippen molar-refractivity contribution in [3.8, 4) is 22.9 Å². The van der Waals surface area contributed by atoms with E-state index in [2.05, 4.69) is 34.0 Å². The van der Waals surface area contributed by atoms with E-state index in [1.165, 1.54) is 0 Å². The molecule has 7 heteroatoms. The zero-order valence-electron chi connectivity index (χ0n) is 18.8. The summed E-state index contributed by atoms with van der Waals surface area (Å²) in [5, 5.41) is 3.01. The molecule has 2 aromatic carbocycles. The van der Waals surface area contributed by atoms with Gasteiger partial charge in [0.2, 0.25) is 0 Å². The first-order valence-corrected chi connectivity index (χ1v) is 10.9. The molecule has 0 spiro atoms. The first-order valence-electron chi connectivity index (χ1n) is 10.9. The molecule has 0 aliphatic carbocycles. The first-order chi connectivity index (χ1) is 15.1. The number of aromatic nitrogens is 2. The number of rotatable bonds is 11. The van der Waals surface area contributed by atoms with Gasteiger partial charge in [-0.1, -0.05) is 13.8 Å². The lowest BCUT2D eigenvalue weighted by Crippen LogP contribution is -2.29. The van der Waals surface area contributed by atoms with E-state index >= 15 is 0 Å². The Balaban J connectivity index is 1.75. The lowest BCUT2D eigenvalue weighted by molar-refractivity contribution is 0.0951. The van der Waals surface area contributed by atoms with E-state index in [4.69, 9.17) is 9.47 Å². The number of hydrogen-bond acceptors (Lipinski definition) is 5. The van der Waals surface area contributed by atoms with E-state index in [-0.39, 0.29) is 5.91 Å². The van der Waals surface area contributed by atoms with Crippen LogP contribution >= 0.6 is 0 Å². The van der Waals surface area contributed by atoms with Crippen LogP contribution < -0.4 is 14.8 Å². The molecule has 0 aliphatic heterocycles. The number of amides is 1. The summed E-state index contributed by atoms with van der Waals surface area (Å²) in [6.07, 6.45) is 0.923. The molecule has 0 saturated carbocycles. The highest BCUT2D eigenvalue weighted by atomic mass is 16.5. The molecule has 0 aliphatic rings. The van der Waals surface area contributed by atoms with Crippen molar-refractivity contribution in [2.45, 2.75) is 27.2 Å². The molecule has 31 heavy (non-hydrogen) atoms. The van der Waals surface area contributed by atoms with Crippen LogP contribution in [0, 0.1) is 0 Å². The Bertz CT molecular complexity index is 1010. The third kappa shape index (κ3) is 5.55. The molecule has 1 aromatic heterocycles. The third-order valence-corrected chi connectivity index (χ3v) is 5.32. The minimum Gasteiger partial charge on any atom is -0.497 e. The lowest BCUT2D eigenvalue weighted by atomic mass is 10.1. The predicted octanol–water partition coefficient (Wildman–Crippen LogP) is 4.10. The zero-order chi connectivity index (χ0) is 22.2. The van der Waals surface area contributed by atoms with E-state index in [0.717, 1.165) is 48.4 Å². The van der Waals surface area contributed by atoms with Crippen LogP contribution in [-0.2, 0) is 0 Å². The molecule has 2 N–H and O–H groups in total. The molecular weight excluding hydrogens is 392 g/mol. The Morgan fingerprint density at radius 3 is 2.65 bits per heavy atom. The average Bonchev–Trinajstić information content (AvgIpc) is 3.22. The molecule has 1 heterocycles. The number of carbonyl (C=O) groups excluding carboxylic acids is 1. The SMILES string of the molecule is CCOc1cc(C(=O)NCCCN(CC)CC)ccc1-c1nc2ccc(OC)cc2[nH]1. The molecule has 7 nitrogen and oxygen atoms in total. The van der Waals surface area contributed by atoms with Gasteiger partial charge in [0.15, 0.2) is 0 Å². The van der Waals surface area contributed by atoms with E-state index < -0.39 is 0 Å². The molecule has 166 valence electrons. The normalized spacial score (nSPS) is 11.1. The maximum absolute atomic E-state index is 12.6. The highest BCUT2D eigenvalue weighted by Crippen LogP contribution is 2.31. The summed E-state index contributed by atoms with van der Waals surface area (Å²) < 4.78 is 11.1. The molecular formula is C24H32N4O3. The zero-order valence-corrected chi connectivity index (χ0v) is 18.8. The number of nitrogens with zero attached hydrogens (tertiary/aromatic N) is 2. The second kappa shape index (κ2) is 10.8. The van der Waals surface area contributed by atoms with Crippen LogP contribution in [-0.4, -0.2) is 60.7 Å². The lowest BCUT2D eigenvalue weighted by Gasteiger charge is -2.17. The molecule has 1 amide bonds. The van der Waals surface area contributed by atoms with E-state index in [0.29, 0.717) is 30.3 Å². The van der Waals surface area contributed by atoms with Crippen LogP contribution in [0.5, 0.6) is 11.5 Å². The van der Waals surface area contributed by atoms with Crippen LogP contribution in [0.2, 0.25) is 0 Å². The number of benzene rings is 2. The maximum Gasteiger partial charge on any atom is 0.251 e. The molecule has 0 atom stereocenters. The van der Waals surface area contributed by atoms with Crippen LogP contribution in [0.3, 0.4) is 0 Å². The van der Waals surface area contributed by atoms with Crippen molar-refractivity contribution >= 4 is 16.9 Å². The molecule has 0 saturated heterocycles. The van der Waals surface area contributed by atoms with Gasteiger partial charge in [-0.25, -0.2) is 4.98 Å². The molecule has 0 fully saturated rings. The van der Waals surface area contributed by atoms with Crippen LogP contribution in [0.1, 0.15) is 37.6 Å². The highest BCUT2D eigenvalue weighted by molar-refractivity contribution is 5.95. The summed E-state index contributed by atoms with van der Waals surface area (Å²) in [6, 6.07) is 11.2. The summed E-state index contributed by atoms with van der Waals surface area (Å²) in [5.41, 5.74) is 3.11. The summed E-state index contributed by atoms with van der Waals surface area (Å²) >= 11 is 0. The van der Waals surface area contributed by atoms with Crippen molar-refractivity contribution in [3.63, 3.8) is 0 Å². The summed E-state index contributed by atoms with van der Waals surface area (Å²) in [7, 11) is 1.64. The van der Waals surface area contributed by atoms with Gasteiger partial charge >= 0.3 is 0 Å². The van der Waals surface area contributed by atoms with Gasteiger partial charge in [-0.3, -0.25) is 4.79 Å². The third-order valence-electron chi connectivity index (χ3n) is 5.32. The van der Waals surface area contributed by atoms with E-state index in [9.17, 15) is 4.79 Å². The van der Waals surface area contributed by atoms with Crippen LogP contribution in [0.4, 0.5) is 0 Å². The number of carbonyl (C=O) groups is 1. The van der Waals surface area contributed by atoms with Gasteiger partial charge in [0.25, 0.3) is 5.91 Å². The maximum atomic E-state index is 12.6. The van der Waals surface area contributed by atoms with Crippen molar-refractivity contribution < 1.29 is 14.3 Å². The smallest absolute Gasteiger partial charge is 0.251 e. The number of nitrogens with one attached hydrogen (secondary N) is 2. The van der Waals surface area contributed by atoms with Crippen molar-refractivity contribution in [1.82, 2.24) is 20.2 Å². The average molecular weight is 425 g/mol. The highest BCUT2D eigenvalue weighted by Gasteiger charge is 2.15. The fraction of sp³-hybridized carbons (Fsp3) is 0.417. The second-order valence-electron chi connectivity index (χ2n) is 7.25. The monoisotopic (exact) mass is 424 g/mol. The Hall–Kier alpha value is -3.06. The van der Waals surface area contributed by atoms with Crippen molar-refractivity contribution in [2.24, 2.45) is 0 Å². The number of methoxy groups -OCH3 is 1. The van der Waals surface area contributed by atoms with Gasteiger partial charge in [-0.15, -0.1) is 0 Å². The molecule has 0 unspecified atom stereocenters. The predicted molar refractivity (Wildman–Crippen MR) is 124 cm³/mol. The fourth-order valence-electron chi connectivity index (χ4n) is 3.52. The van der Waals surface area contributed by atoms with Gasteiger partial charge in [0, 0.05) is 18.2 Å². The van der Waals surface area contributed by atoms with Crippen molar-refractivity contribution in [3.05, 3.63) is 42.0 Å². The van der Waals surface area contributed by atoms with E-state index in [1.807, 2.05) is 37.3 Å². The number of ether oxygens (including phenoxy) is 2. The topological polar surface area (TPSA) is 79.5 Å². The number of fused-ring (bicyclic) bond motifs is 1. The molecule has 3 aromatic rings. The van der Waals surface area contributed by atoms with Crippen LogP contribution in [0.25, 0.3) is 22.4 Å². The van der Waals surface area contributed by atoms with Gasteiger partial charge in [0.05, 0.1) is 30.3 Å². The quantitative estimate of drug-likeness (QED) is 0.453. The molecule has 0 bridgehead atoms. The van der Waals surface area contributed by atoms with Crippen LogP contribution in [0.15, 0.2) is 36.4 Å². The Labute approximate surface area is 183 Å². The number of H-pyrrole nitrogens is 1. The Morgan fingerprint density at radius 2 is 1.94 bits per heavy atom. The van der Waals surface area contributed by atoms with Gasteiger partial charge < -0.3 is 24.7 Å². The number of aromatic amines is 1. The number of imidazole rings is 1. The standard InChI is InChI=1S/C24H32N4O3/c1-5-28(6-2)14-8-13-25-24(29)17-9-11-19(22(15-17)31-7-3)23-26-20-12-10-18(30-4)16-21(20)27-23/h9-12,15-16H,5-8,13-14H2,1-4H3,(H,25,29)(H,26,27). The summed E-state index contributed by atoms with van der Waals surface area (Å²) in [6.45, 7) is 10.4. The fourth-order valence-corrected chi connectivity index (χ4v) is 3.52.